The minimum atomic E-state index is -3.40. The van der Waals surface area contributed by atoms with E-state index < -0.39 is 10.0 Å². The van der Waals surface area contributed by atoms with Crippen LogP contribution in [0.1, 0.15) is 12.8 Å². The van der Waals surface area contributed by atoms with E-state index in [0.717, 1.165) is 19.4 Å². The molecule has 1 aromatic heterocycles. The van der Waals surface area contributed by atoms with Crippen molar-refractivity contribution in [2.75, 3.05) is 26.7 Å². The molecule has 1 N–H and O–H groups in total. The largest absolute Gasteiger partial charge is 0.319 e. The fraction of sp³-hybridized carbons (Fsp3) is 0.583. The van der Waals surface area contributed by atoms with Crippen LogP contribution in [0.3, 0.4) is 0 Å². The number of rotatable bonds is 4. The molecular weight excluding hydrogens is 366 g/mol. The molecule has 1 aliphatic rings. The average Bonchev–Trinajstić information content (AvgIpc) is 2.40. The van der Waals surface area contributed by atoms with Gasteiger partial charge in [-0.15, -0.1) is 12.4 Å². The lowest BCUT2D eigenvalue weighted by molar-refractivity contribution is 0.270. The van der Waals surface area contributed by atoms with Gasteiger partial charge >= 0.3 is 0 Å². The van der Waals surface area contributed by atoms with Gasteiger partial charge in [0.1, 0.15) is 4.90 Å². The van der Waals surface area contributed by atoms with Gasteiger partial charge in [0, 0.05) is 30.0 Å². The fourth-order valence-electron chi connectivity index (χ4n) is 2.32. The fourth-order valence-corrected chi connectivity index (χ4v) is 4.30. The summed E-state index contributed by atoms with van der Waals surface area (Å²) in [5.74, 6) is 0.567. The van der Waals surface area contributed by atoms with Crippen LogP contribution in [0, 0.1) is 5.92 Å². The Morgan fingerprint density at radius 3 is 2.60 bits per heavy atom. The van der Waals surface area contributed by atoms with Gasteiger partial charge in [0.05, 0.1) is 0 Å². The Kier molecular flexibility index (Phi) is 6.87. The molecule has 1 aliphatic heterocycles. The lowest BCUT2D eigenvalue weighted by atomic mass is 9.98. The zero-order chi connectivity index (χ0) is 13.9. The van der Waals surface area contributed by atoms with Crippen molar-refractivity contribution in [1.82, 2.24) is 14.6 Å². The molecule has 1 saturated heterocycles. The SMILES string of the molecule is CNCC1CCN(S(=O)(=O)c2cncc(Br)c2)CC1.Cl. The number of hydrogen-bond acceptors (Lipinski definition) is 4. The first-order chi connectivity index (χ1) is 9.04. The van der Waals surface area contributed by atoms with Crippen molar-refractivity contribution in [3.05, 3.63) is 22.9 Å². The van der Waals surface area contributed by atoms with E-state index >= 15 is 0 Å². The summed E-state index contributed by atoms with van der Waals surface area (Å²) in [6.07, 6.45) is 4.79. The molecular formula is C12H19BrClN3O2S. The van der Waals surface area contributed by atoms with Crippen LogP contribution in [-0.4, -0.2) is 44.4 Å². The third-order valence-electron chi connectivity index (χ3n) is 3.38. The summed E-state index contributed by atoms with van der Waals surface area (Å²) in [7, 11) is -1.48. The topological polar surface area (TPSA) is 62.3 Å². The Morgan fingerprint density at radius 2 is 2.05 bits per heavy atom. The van der Waals surface area contributed by atoms with Gasteiger partial charge < -0.3 is 5.32 Å². The van der Waals surface area contributed by atoms with E-state index in [0.29, 0.717) is 23.5 Å². The molecule has 20 heavy (non-hydrogen) atoms. The number of aromatic nitrogens is 1. The molecule has 114 valence electrons. The summed E-state index contributed by atoms with van der Waals surface area (Å²) < 4.78 is 27.1. The molecule has 5 nitrogen and oxygen atoms in total. The molecule has 1 aromatic rings. The minimum Gasteiger partial charge on any atom is -0.319 e. The summed E-state index contributed by atoms with van der Waals surface area (Å²) in [4.78, 5) is 4.19. The number of hydrogen-bond donors (Lipinski definition) is 1. The highest BCUT2D eigenvalue weighted by Gasteiger charge is 2.29. The summed E-state index contributed by atoms with van der Waals surface area (Å²) in [5.41, 5.74) is 0. The quantitative estimate of drug-likeness (QED) is 0.861. The number of nitrogens with zero attached hydrogens (tertiary/aromatic N) is 2. The van der Waals surface area contributed by atoms with E-state index in [1.165, 1.54) is 6.20 Å². The molecule has 0 bridgehead atoms. The van der Waals surface area contributed by atoms with Crippen molar-refractivity contribution in [1.29, 1.82) is 0 Å². The summed E-state index contributed by atoms with van der Waals surface area (Å²) >= 11 is 3.25. The standard InChI is InChI=1S/C12H18BrN3O2S.ClH/c1-14-7-10-2-4-16(5-3-10)19(17,18)12-6-11(13)8-15-9-12;/h6,8-10,14H,2-5,7H2,1H3;1H. The Bertz CT molecular complexity index is 533. The van der Waals surface area contributed by atoms with Crippen molar-refractivity contribution >= 4 is 38.4 Å². The van der Waals surface area contributed by atoms with Crippen molar-refractivity contribution in [3.8, 4) is 0 Å². The third-order valence-corrected chi connectivity index (χ3v) is 5.68. The molecule has 2 rings (SSSR count). The van der Waals surface area contributed by atoms with Gasteiger partial charge in [-0.2, -0.15) is 4.31 Å². The molecule has 2 heterocycles. The summed E-state index contributed by atoms with van der Waals surface area (Å²) in [6, 6.07) is 1.60. The molecule has 1 fully saturated rings. The number of nitrogens with one attached hydrogen (secondary N) is 1. The lowest BCUT2D eigenvalue weighted by Gasteiger charge is -2.31. The molecule has 0 atom stereocenters. The van der Waals surface area contributed by atoms with E-state index in [1.807, 2.05) is 7.05 Å². The van der Waals surface area contributed by atoms with Crippen LogP contribution in [0.15, 0.2) is 27.8 Å². The molecule has 0 aromatic carbocycles. The highest BCUT2D eigenvalue weighted by Crippen LogP contribution is 2.24. The first-order valence-electron chi connectivity index (χ1n) is 6.29. The van der Waals surface area contributed by atoms with E-state index in [9.17, 15) is 8.42 Å². The van der Waals surface area contributed by atoms with Crippen LogP contribution in [-0.2, 0) is 10.0 Å². The average molecular weight is 385 g/mol. The number of pyridine rings is 1. The van der Waals surface area contributed by atoms with Crippen LogP contribution in [0.2, 0.25) is 0 Å². The molecule has 0 aliphatic carbocycles. The van der Waals surface area contributed by atoms with Crippen LogP contribution in [0.4, 0.5) is 0 Å². The highest BCUT2D eigenvalue weighted by atomic mass is 79.9. The second kappa shape index (κ2) is 7.70. The summed E-state index contributed by atoms with van der Waals surface area (Å²) in [5, 5.41) is 3.15. The Morgan fingerprint density at radius 1 is 1.40 bits per heavy atom. The van der Waals surface area contributed by atoms with Gasteiger partial charge in [-0.1, -0.05) is 0 Å². The van der Waals surface area contributed by atoms with Crippen LogP contribution in [0.25, 0.3) is 0 Å². The van der Waals surface area contributed by atoms with E-state index in [4.69, 9.17) is 0 Å². The number of piperidine rings is 1. The molecule has 0 radical (unpaired) electrons. The van der Waals surface area contributed by atoms with Gasteiger partial charge in [0.25, 0.3) is 0 Å². The smallest absolute Gasteiger partial charge is 0.244 e. The van der Waals surface area contributed by atoms with E-state index in [2.05, 4.69) is 26.2 Å². The first kappa shape index (κ1) is 17.8. The van der Waals surface area contributed by atoms with Crippen LogP contribution < -0.4 is 5.32 Å². The van der Waals surface area contributed by atoms with Crippen LogP contribution >= 0.6 is 28.3 Å². The third kappa shape index (κ3) is 4.14. The van der Waals surface area contributed by atoms with Gasteiger partial charge in [-0.3, -0.25) is 4.98 Å². The second-order valence-corrected chi connectivity index (χ2v) is 7.60. The normalized spacial score (nSPS) is 17.7. The van der Waals surface area contributed by atoms with Gasteiger partial charge in [0.2, 0.25) is 10.0 Å². The highest BCUT2D eigenvalue weighted by molar-refractivity contribution is 9.10. The van der Waals surface area contributed by atoms with E-state index in [-0.39, 0.29) is 17.3 Å². The summed E-state index contributed by atoms with van der Waals surface area (Å²) in [6.45, 7) is 2.12. The molecule has 8 heteroatoms. The molecule has 0 amide bonds. The first-order valence-corrected chi connectivity index (χ1v) is 8.52. The van der Waals surface area contributed by atoms with Gasteiger partial charge in [-0.25, -0.2) is 8.42 Å². The predicted octanol–water partition coefficient (Wildman–Crippen LogP) is 1.89. The van der Waals surface area contributed by atoms with Crippen molar-refractivity contribution in [3.63, 3.8) is 0 Å². The Hall–Kier alpha value is -0.210. The van der Waals surface area contributed by atoms with E-state index in [1.54, 1.807) is 16.6 Å². The predicted molar refractivity (Wildman–Crippen MR) is 84.6 cm³/mol. The maximum atomic E-state index is 12.5. The van der Waals surface area contributed by atoms with Crippen LogP contribution in [0.5, 0.6) is 0 Å². The van der Waals surface area contributed by atoms with Gasteiger partial charge in [0.15, 0.2) is 0 Å². The maximum Gasteiger partial charge on any atom is 0.244 e. The zero-order valence-corrected chi connectivity index (χ0v) is 14.5. The molecule has 0 spiro atoms. The number of sulfonamides is 1. The number of halogens is 2. The monoisotopic (exact) mass is 383 g/mol. The molecule has 0 saturated carbocycles. The maximum absolute atomic E-state index is 12.5. The van der Waals surface area contributed by atoms with Crippen molar-refractivity contribution in [2.24, 2.45) is 5.92 Å². The zero-order valence-electron chi connectivity index (χ0n) is 11.3. The Balaban J connectivity index is 0.00000200. The van der Waals surface area contributed by atoms with Crippen molar-refractivity contribution < 1.29 is 8.42 Å². The Labute approximate surface area is 134 Å². The lowest BCUT2D eigenvalue weighted by Crippen LogP contribution is -2.40. The second-order valence-electron chi connectivity index (χ2n) is 4.74. The van der Waals surface area contributed by atoms with Crippen molar-refractivity contribution in [2.45, 2.75) is 17.7 Å². The molecule has 0 unspecified atom stereocenters. The van der Waals surface area contributed by atoms with Gasteiger partial charge in [-0.05, 0) is 54.3 Å². The minimum absolute atomic E-state index is 0.